The molecule has 6 nitrogen and oxygen atoms in total. The number of aryl methyl sites for hydroxylation is 1. The molecule has 0 spiro atoms. The number of ketones is 1. The van der Waals surface area contributed by atoms with E-state index in [-0.39, 0.29) is 17.9 Å². The van der Waals surface area contributed by atoms with Crippen molar-refractivity contribution in [2.24, 2.45) is 0 Å². The first-order valence-electron chi connectivity index (χ1n) is 9.05. The number of para-hydroxylation sites is 1. The minimum atomic E-state index is -1.38. The van der Waals surface area contributed by atoms with Crippen molar-refractivity contribution in [3.63, 3.8) is 0 Å². The Morgan fingerprint density at radius 2 is 1.76 bits per heavy atom. The van der Waals surface area contributed by atoms with Gasteiger partial charge in [0.25, 0.3) is 5.56 Å². The molecular formula is C22H19FN2O4. The molecule has 0 saturated heterocycles. The maximum absolute atomic E-state index is 13.2. The Kier molecular flexibility index (Phi) is 5.97. The van der Waals surface area contributed by atoms with Crippen molar-refractivity contribution < 1.29 is 18.7 Å². The number of benzene rings is 2. The Labute approximate surface area is 166 Å². The van der Waals surface area contributed by atoms with Gasteiger partial charge in [-0.05, 0) is 55.8 Å². The lowest BCUT2D eigenvalue weighted by molar-refractivity contribution is -0.143. The van der Waals surface area contributed by atoms with Crippen LogP contribution in [0, 0.1) is 12.7 Å². The highest BCUT2D eigenvalue weighted by atomic mass is 19.1. The lowest BCUT2D eigenvalue weighted by Gasteiger charge is -2.16. The van der Waals surface area contributed by atoms with Gasteiger partial charge in [0.15, 0.2) is 11.7 Å². The second-order valence-corrected chi connectivity index (χ2v) is 6.35. The van der Waals surface area contributed by atoms with Gasteiger partial charge < -0.3 is 4.74 Å². The Bertz CT molecular complexity index is 1110. The van der Waals surface area contributed by atoms with Crippen molar-refractivity contribution in [3.8, 4) is 5.69 Å². The van der Waals surface area contributed by atoms with Crippen LogP contribution >= 0.6 is 0 Å². The number of aromatic nitrogens is 2. The first kappa shape index (κ1) is 20.1. The first-order chi connectivity index (χ1) is 13.9. The molecule has 2 aromatic carbocycles. The molecule has 148 valence electrons. The summed E-state index contributed by atoms with van der Waals surface area (Å²) < 4.78 is 19.4. The van der Waals surface area contributed by atoms with E-state index in [0.29, 0.717) is 5.69 Å². The van der Waals surface area contributed by atoms with Gasteiger partial charge in [0.1, 0.15) is 5.82 Å². The van der Waals surface area contributed by atoms with Crippen molar-refractivity contribution in [1.82, 2.24) is 9.78 Å². The molecule has 7 heteroatoms. The second kappa shape index (κ2) is 8.60. The molecule has 3 aromatic rings. The minimum Gasteiger partial charge on any atom is -0.465 e. The summed E-state index contributed by atoms with van der Waals surface area (Å²) in [4.78, 5) is 38.0. The van der Waals surface area contributed by atoms with E-state index in [4.69, 9.17) is 4.74 Å². The molecule has 0 aliphatic rings. The van der Waals surface area contributed by atoms with Gasteiger partial charge in [-0.25, -0.2) is 4.39 Å². The summed E-state index contributed by atoms with van der Waals surface area (Å²) in [6, 6.07) is 14.6. The van der Waals surface area contributed by atoms with Gasteiger partial charge in [0.05, 0.1) is 18.0 Å². The van der Waals surface area contributed by atoms with Crippen LogP contribution in [0.1, 0.15) is 34.5 Å². The van der Waals surface area contributed by atoms with E-state index >= 15 is 0 Å². The maximum Gasteiger partial charge on any atom is 0.323 e. The minimum absolute atomic E-state index is 0.0700. The molecule has 0 N–H and O–H groups in total. The number of nitrogens with zero attached hydrogens (tertiary/aromatic N) is 2. The van der Waals surface area contributed by atoms with Gasteiger partial charge >= 0.3 is 5.97 Å². The highest BCUT2D eigenvalue weighted by Crippen LogP contribution is 2.22. The van der Waals surface area contributed by atoms with Gasteiger partial charge in [-0.15, -0.1) is 0 Å². The van der Waals surface area contributed by atoms with Crippen molar-refractivity contribution in [2.45, 2.75) is 19.8 Å². The van der Waals surface area contributed by atoms with Crippen molar-refractivity contribution in [3.05, 3.63) is 93.7 Å². The number of hydrogen-bond acceptors (Lipinski definition) is 5. The Morgan fingerprint density at radius 1 is 1.07 bits per heavy atom. The van der Waals surface area contributed by atoms with Crippen LogP contribution in [0.5, 0.6) is 0 Å². The predicted molar refractivity (Wildman–Crippen MR) is 105 cm³/mol. The fourth-order valence-electron chi connectivity index (χ4n) is 2.92. The SMILES string of the molecule is CCOC(=O)C(C(=O)c1ccc(F)cc1)c1ccc(=O)n(-c2ccccc2C)n1. The first-order valence-corrected chi connectivity index (χ1v) is 9.05. The lowest BCUT2D eigenvalue weighted by Crippen LogP contribution is -2.29. The number of carbonyl (C=O) groups is 2. The van der Waals surface area contributed by atoms with Crippen molar-refractivity contribution >= 4 is 11.8 Å². The third-order valence-electron chi connectivity index (χ3n) is 4.37. The molecule has 0 radical (unpaired) electrons. The molecule has 0 aliphatic heterocycles. The summed E-state index contributed by atoms with van der Waals surface area (Å²) in [5.41, 5.74) is 1.15. The number of Topliss-reactive ketones (excluding diaryl/α,β-unsaturated/α-hetero) is 1. The smallest absolute Gasteiger partial charge is 0.323 e. The van der Waals surface area contributed by atoms with E-state index in [1.165, 1.54) is 24.3 Å². The fourth-order valence-corrected chi connectivity index (χ4v) is 2.92. The van der Waals surface area contributed by atoms with E-state index in [1.54, 1.807) is 19.1 Å². The van der Waals surface area contributed by atoms with Gasteiger partial charge in [-0.1, -0.05) is 18.2 Å². The highest BCUT2D eigenvalue weighted by molar-refractivity contribution is 6.12. The van der Waals surface area contributed by atoms with E-state index in [2.05, 4.69) is 5.10 Å². The van der Waals surface area contributed by atoms with Crippen LogP contribution in [-0.2, 0) is 9.53 Å². The van der Waals surface area contributed by atoms with Gasteiger partial charge in [-0.3, -0.25) is 14.4 Å². The van der Waals surface area contributed by atoms with Crippen molar-refractivity contribution in [1.29, 1.82) is 0 Å². The maximum atomic E-state index is 13.2. The molecule has 0 amide bonds. The number of ether oxygens (including phenoxy) is 1. The van der Waals surface area contributed by atoms with Crippen LogP contribution < -0.4 is 5.56 Å². The Morgan fingerprint density at radius 3 is 2.41 bits per heavy atom. The zero-order chi connectivity index (χ0) is 21.0. The molecular weight excluding hydrogens is 375 g/mol. The monoisotopic (exact) mass is 394 g/mol. The summed E-state index contributed by atoms with van der Waals surface area (Å²) in [5, 5.41) is 4.28. The van der Waals surface area contributed by atoms with Crippen LogP contribution in [0.3, 0.4) is 0 Å². The average molecular weight is 394 g/mol. The number of esters is 1. The summed E-state index contributed by atoms with van der Waals surface area (Å²) >= 11 is 0. The molecule has 1 aromatic heterocycles. The number of hydrogen-bond donors (Lipinski definition) is 0. The third-order valence-corrected chi connectivity index (χ3v) is 4.37. The molecule has 1 unspecified atom stereocenters. The molecule has 3 rings (SSSR count). The number of halogens is 1. The second-order valence-electron chi connectivity index (χ2n) is 6.35. The number of rotatable bonds is 6. The molecule has 1 heterocycles. The molecule has 0 bridgehead atoms. The van der Waals surface area contributed by atoms with Gasteiger partial charge in [0, 0.05) is 11.6 Å². The lowest BCUT2D eigenvalue weighted by atomic mass is 9.94. The Balaban J connectivity index is 2.11. The number of carbonyl (C=O) groups excluding carboxylic acids is 2. The fraction of sp³-hybridized carbons (Fsp3) is 0.182. The van der Waals surface area contributed by atoms with Crippen LogP contribution in [0.2, 0.25) is 0 Å². The molecule has 29 heavy (non-hydrogen) atoms. The van der Waals surface area contributed by atoms with Crippen molar-refractivity contribution in [2.75, 3.05) is 6.61 Å². The van der Waals surface area contributed by atoms with Gasteiger partial charge in [0.2, 0.25) is 0 Å². The normalized spacial score (nSPS) is 11.7. The van der Waals surface area contributed by atoms with E-state index in [0.717, 1.165) is 22.4 Å². The summed E-state index contributed by atoms with van der Waals surface area (Å²) in [5.74, 6) is -3.26. The van der Waals surface area contributed by atoms with E-state index < -0.39 is 29.0 Å². The zero-order valence-electron chi connectivity index (χ0n) is 16.0. The predicted octanol–water partition coefficient (Wildman–Crippen LogP) is 3.21. The molecule has 0 aliphatic carbocycles. The standard InChI is InChI=1S/C22H19FN2O4/c1-3-29-22(28)20(21(27)15-8-10-16(23)11-9-15)17-12-13-19(26)25(24-17)18-7-5-4-6-14(18)2/h4-13,20H,3H2,1-2H3. The topological polar surface area (TPSA) is 78.3 Å². The van der Waals surface area contributed by atoms with Crippen LogP contribution in [0.15, 0.2) is 65.5 Å². The average Bonchev–Trinajstić information content (AvgIpc) is 2.70. The van der Waals surface area contributed by atoms with Crippen LogP contribution in [0.4, 0.5) is 4.39 Å². The molecule has 0 saturated carbocycles. The van der Waals surface area contributed by atoms with E-state index in [1.807, 2.05) is 19.1 Å². The van der Waals surface area contributed by atoms with E-state index in [9.17, 15) is 18.8 Å². The highest BCUT2D eigenvalue weighted by Gasteiger charge is 2.33. The summed E-state index contributed by atoms with van der Waals surface area (Å²) in [7, 11) is 0. The zero-order valence-corrected chi connectivity index (χ0v) is 16.0. The molecule has 0 fully saturated rings. The summed E-state index contributed by atoms with van der Waals surface area (Å²) in [6.07, 6.45) is 0. The van der Waals surface area contributed by atoms with Crippen LogP contribution in [-0.4, -0.2) is 28.1 Å². The van der Waals surface area contributed by atoms with Crippen LogP contribution in [0.25, 0.3) is 5.69 Å². The Hall–Kier alpha value is -3.61. The third kappa shape index (κ3) is 4.29. The molecule has 1 atom stereocenters. The van der Waals surface area contributed by atoms with Gasteiger partial charge in [-0.2, -0.15) is 9.78 Å². The quantitative estimate of drug-likeness (QED) is 0.364. The summed E-state index contributed by atoms with van der Waals surface area (Å²) in [6.45, 7) is 3.52. The largest absolute Gasteiger partial charge is 0.465 e.